The summed E-state index contributed by atoms with van der Waals surface area (Å²) < 4.78 is 7.38. The molecule has 0 spiro atoms. The lowest BCUT2D eigenvalue weighted by atomic mass is 10.1. The lowest BCUT2D eigenvalue weighted by Crippen LogP contribution is -2.49. The second-order valence-corrected chi connectivity index (χ2v) is 7.71. The van der Waals surface area contributed by atoms with Crippen molar-refractivity contribution < 1.29 is 9.53 Å². The van der Waals surface area contributed by atoms with E-state index in [-0.39, 0.29) is 16.9 Å². The van der Waals surface area contributed by atoms with Gasteiger partial charge in [-0.25, -0.2) is 0 Å². The predicted octanol–water partition coefficient (Wildman–Crippen LogP) is 3.65. The Kier molecular flexibility index (Phi) is 5.68. The van der Waals surface area contributed by atoms with Gasteiger partial charge in [0, 0.05) is 49.3 Å². The molecule has 7 heteroatoms. The van der Waals surface area contributed by atoms with E-state index >= 15 is 0 Å². The van der Waals surface area contributed by atoms with E-state index in [0.29, 0.717) is 43.1 Å². The Morgan fingerprint density at radius 2 is 1.83 bits per heavy atom. The number of benzene rings is 2. The van der Waals surface area contributed by atoms with Crippen LogP contribution in [0.5, 0.6) is 5.75 Å². The molecule has 0 atom stereocenters. The van der Waals surface area contributed by atoms with Gasteiger partial charge in [-0.3, -0.25) is 9.59 Å². The van der Waals surface area contributed by atoms with Crippen LogP contribution in [0.3, 0.4) is 0 Å². The van der Waals surface area contributed by atoms with E-state index in [1.165, 1.54) is 0 Å². The van der Waals surface area contributed by atoms with Crippen LogP contribution in [0.4, 0.5) is 5.69 Å². The van der Waals surface area contributed by atoms with Crippen LogP contribution >= 0.6 is 11.6 Å². The fourth-order valence-electron chi connectivity index (χ4n) is 4.00. The summed E-state index contributed by atoms with van der Waals surface area (Å²) in [4.78, 5) is 30.2. The molecule has 6 nitrogen and oxygen atoms in total. The molecule has 1 aliphatic heterocycles. The van der Waals surface area contributed by atoms with Gasteiger partial charge in [0.25, 0.3) is 5.91 Å². The van der Waals surface area contributed by atoms with Gasteiger partial charge >= 0.3 is 0 Å². The topological polar surface area (TPSA) is 54.8 Å². The summed E-state index contributed by atoms with van der Waals surface area (Å²) in [5.41, 5.74) is 1.72. The molecule has 0 unspecified atom stereocenters. The number of para-hydroxylation sites is 2. The number of hydrogen-bond donors (Lipinski definition) is 0. The Bertz CT molecular complexity index is 1150. The highest BCUT2D eigenvalue weighted by atomic mass is 35.5. The first kappa shape index (κ1) is 20.3. The Morgan fingerprint density at radius 3 is 2.53 bits per heavy atom. The number of ether oxygens (including phenoxy) is 1. The van der Waals surface area contributed by atoms with E-state index in [2.05, 4.69) is 4.90 Å². The number of rotatable bonds is 4. The normalized spacial score (nSPS) is 14.2. The van der Waals surface area contributed by atoms with Gasteiger partial charge in [-0.1, -0.05) is 23.7 Å². The third-order valence-corrected chi connectivity index (χ3v) is 5.84. The molecule has 4 rings (SSSR count). The summed E-state index contributed by atoms with van der Waals surface area (Å²) >= 11 is 6.11. The number of anilines is 1. The average molecular weight is 426 g/mol. The lowest BCUT2D eigenvalue weighted by molar-refractivity contribution is 0.0745. The number of pyridine rings is 1. The number of piperazine rings is 1. The molecule has 0 N–H and O–H groups in total. The van der Waals surface area contributed by atoms with Crippen molar-refractivity contribution >= 4 is 34.1 Å². The molecule has 156 valence electrons. The summed E-state index contributed by atoms with van der Waals surface area (Å²) in [6.07, 6.45) is 1.67. The van der Waals surface area contributed by atoms with Crippen LogP contribution in [-0.2, 0) is 6.54 Å². The number of amides is 1. The largest absolute Gasteiger partial charge is 0.495 e. The molecule has 3 aromatic rings. The number of carbonyl (C=O) groups excluding carboxylic acids is 1. The molecule has 0 saturated carbocycles. The first-order chi connectivity index (χ1) is 14.5. The summed E-state index contributed by atoms with van der Waals surface area (Å²) in [5.74, 6) is 0.582. The Balaban J connectivity index is 1.60. The summed E-state index contributed by atoms with van der Waals surface area (Å²) in [6.45, 7) is 5.06. The van der Waals surface area contributed by atoms with Crippen molar-refractivity contribution in [2.75, 3.05) is 38.2 Å². The molecule has 2 aromatic carbocycles. The molecular weight excluding hydrogens is 402 g/mol. The molecule has 30 heavy (non-hydrogen) atoms. The standard InChI is InChI=1S/C23H24ClN3O3/c1-3-25-15-18(22(28)17-14-16(24)8-9-19(17)25)23(29)27-12-10-26(11-13-27)20-6-4-5-7-21(20)30-2/h4-9,14-15H,3,10-13H2,1-2H3. The molecule has 1 aliphatic rings. The van der Waals surface area contributed by atoms with Gasteiger partial charge in [0.2, 0.25) is 5.43 Å². The Labute approximate surface area is 180 Å². The number of fused-ring (bicyclic) bond motifs is 1. The van der Waals surface area contributed by atoms with E-state index in [9.17, 15) is 9.59 Å². The average Bonchev–Trinajstić information content (AvgIpc) is 2.79. The highest BCUT2D eigenvalue weighted by Crippen LogP contribution is 2.28. The zero-order valence-corrected chi connectivity index (χ0v) is 17.9. The highest BCUT2D eigenvalue weighted by Gasteiger charge is 2.26. The van der Waals surface area contributed by atoms with E-state index in [0.717, 1.165) is 17.0 Å². The quantitative estimate of drug-likeness (QED) is 0.640. The molecule has 1 saturated heterocycles. The number of hydrogen-bond acceptors (Lipinski definition) is 4. The summed E-state index contributed by atoms with van der Waals surface area (Å²) in [5, 5.41) is 0.958. The van der Waals surface area contributed by atoms with Gasteiger partial charge in [-0.2, -0.15) is 0 Å². The maximum atomic E-state index is 13.2. The first-order valence-electron chi connectivity index (χ1n) is 10.0. The van der Waals surface area contributed by atoms with E-state index in [1.54, 1.807) is 30.3 Å². The van der Waals surface area contributed by atoms with Crippen LogP contribution in [0.1, 0.15) is 17.3 Å². The van der Waals surface area contributed by atoms with Gasteiger partial charge in [-0.05, 0) is 37.3 Å². The molecule has 1 fully saturated rings. The first-order valence-corrected chi connectivity index (χ1v) is 10.4. The van der Waals surface area contributed by atoms with Crippen LogP contribution in [0.25, 0.3) is 10.9 Å². The zero-order valence-electron chi connectivity index (χ0n) is 17.1. The van der Waals surface area contributed by atoms with Gasteiger partial charge < -0.3 is 19.1 Å². The molecule has 2 heterocycles. The lowest BCUT2D eigenvalue weighted by Gasteiger charge is -2.36. The summed E-state index contributed by atoms with van der Waals surface area (Å²) in [6, 6.07) is 13.1. The van der Waals surface area contributed by atoms with Gasteiger partial charge in [0.1, 0.15) is 11.3 Å². The van der Waals surface area contributed by atoms with Crippen LogP contribution in [-0.4, -0.2) is 48.7 Å². The SMILES string of the molecule is CCn1cc(C(=O)N2CCN(c3ccccc3OC)CC2)c(=O)c2cc(Cl)ccc21. The molecule has 0 bridgehead atoms. The van der Waals surface area contributed by atoms with Crippen molar-refractivity contribution in [2.24, 2.45) is 0 Å². The van der Waals surface area contributed by atoms with Crippen LogP contribution in [0.15, 0.2) is 53.5 Å². The highest BCUT2D eigenvalue weighted by molar-refractivity contribution is 6.31. The van der Waals surface area contributed by atoms with Crippen molar-refractivity contribution in [3.8, 4) is 5.75 Å². The van der Waals surface area contributed by atoms with E-state index in [1.807, 2.05) is 41.8 Å². The molecular formula is C23H24ClN3O3. The van der Waals surface area contributed by atoms with Gasteiger partial charge in [0.15, 0.2) is 0 Å². The number of carbonyl (C=O) groups is 1. The minimum absolute atomic E-state index is 0.192. The summed E-state index contributed by atoms with van der Waals surface area (Å²) in [7, 11) is 1.66. The van der Waals surface area contributed by atoms with E-state index < -0.39 is 0 Å². The van der Waals surface area contributed by atoms with Crippen LogP contribution in [0.2, 0.25) is 5.02 Å². The van der Waals surface area contributed by atoms with Crippen molar-refractivity contribution in [3.05, 3.63) is 69.5 Å². The fraction of sp³-hybridized carbons (Fsp3) is 0.304. The second kappa shape index (κ2) is 8.40. The number of aryl methyl sites for hydroxylation is 1. The number of nitrogens with zero attached hydrogens (tertiary/aromatic N) is 3. The van der Waals surface area contributed by atoms with Gasteiger partial charge in [0.05, 0.1) is 18.3 Å². The predicted molar refractivity (Wildman–Crippen MR) is 120 cm³/mol. The van der Waals surface area contributed by atoms with Crippen molar-refractivity contribution in [2.45, 2.75) is 13.5 Å². The second-order valence-electron chi connectivity index (χ2n) is 7.27. The monoisotopic (exact) mass is 425 g/mol. The number of aromatic nitrogens is 1. The van der Waals surface area contributed by atoms with Crippen LogP contribution in [0, 0.1) is 0 Å². The van der Waals surface area contributed by atoms with Crippen molar-refractivity contribution in [1.29, 1.82) is 0 Å². The minimum Gasteiger partial charge on any atom is -0.495 e. The molecule has 1 amide bonds. The number of methoxy groups -OCH3 is 1. The number of halogens is 1. The van der Waals surface area contributed by atoms with Crippen molar-refractivity contribution in [3.63, 3.8) is 0 Å². The third-order valence-electron chi connectivity index (χ3n) is 5.61. The fourth-order valence-corrected chi connectivity index (χ4v) is 4.17. The minimum atomic E-state index is -0.269. The van der Waals surface area contributed by atoms with Crippen LogP contribution < -0.4 is 15.1 Å². The Hall–Kier alpha value is -2.99. The molecule has 0 radical (unpaired) electrons. The molecule has 1 aromatic heterocycles. The molecule has 0 aliphatic carbocycles. The van der Waals surface area contributed by atoms with E-state index in [4.69, 9.17) is 16.3 Å². The smallest absolute Gasteiger partial charge is 0.259 e. The third kappa shape index (κ3) is 3.63. The maximum Gasteiger partial charge on any atom is 0.259 e. The van der Waals surface area contributed by atoms with Gasteiger partial charge in [-0.15, -0.1) is 0 Å². The maximum absolute atomic E-state index is 13.2. The van der Waals surface area contributed by atoms with Crippen molar-refractivity contribution in [1.82, 2.24) is 9.47 Å². The Morgan fingerprint density at radius 1 is 1.10 bits per heavy atom. The zero-order chi connectivity index (χ0) is 21.3.